The Balaban J connectivity index is 1.25. The number of nitrogens with two attached hydrogens (primary N) is 1. The highest BCUT2D eigenvalue weighted by molar-refractivity contribution is 7.90. The van der Waals surface area contributed by atoms with Crippen LogP contribution in [0, 0.1) is 28.6 Å². The van der Waals surface area contributed by atoms with Crippen LogP contribution in [0.4, 0.5) is 0 Å². The predicted molar refractivity (Wildman–Crippen MR) is 147 cm³/mol. The Morgan fingerprint density at radius 3 is 2.24 bits per heavy atom. The maximum Gasteiger partial charge on any atom is 0.299 e. The maximum atomic E-state index is 13.7. The average Bonchev–Trinajstić information content (AvgIpc) is 3.11. The van der Waals surface area contributed by atoms with E-state index in [0.29, 0.717) is 30.2 Å². The van der Waals surface area contributed by atoms with Crippen molar-refractivity contribution in [2.45, 2.75) is 89.0 Å². The van der Waals surface area contributed by atoms with Crippen molar-refractivity contribution in [2.75, 3.05) is 19.6 Å². The largest absolute Gasteiger partial charge is 0.457 e. The first-order valence-electron chi connectivity index (χ1n) is 14.2. The van der Waals surface area contributed by atoms with Gasteiger partial charge in [0.25, 0.3) is 6.02 Å². The Bertz CT molecular complexity index is 1180. The number of fused-ring (bicyclic) bond motifs is 2. The lowest BCUT2D eigenvalue weighted by atomic mass is 9.51. The molecule has 7 atom stereocenters. The van der Waals surface area contributed by atoms with Crippen LogP contribution in [0.3, 0.4) is 0 Å². The zero-order chi connectivity index (χ0) is 26.2. The SMILES string of the molecule is CC1(C)OC(=NC2C3CC4CC2CC4(C)C(C)(CN)C3)NS(=O)(=O)C1c1ccc(C2CCNCC2)cc1. The summed E-state index contributed by atoms with van der Waals surface area (Å²) in [4.78, 5) is 5.04. The maximum absolute atomic E-state index is 13.7. The van der Waals surface area contributed by atoms with Crippen molar-refractivity contribution < 1.29 is 13.2 Å². The van der Waals surface area contributed by atoms with Gasteiger partial charge >= 0.3 is 0 Å². The highest BCUT2D eigenvalue weighted by Crippen LogP contribution is 2.69. The number of rotatable bonds is 4. The average molecular weight is 529 g/mol. The van der Waals surface area contributed by atoms with Gasteiger partial charge in [-0.3, -0.25) is 0 Å². The van der Waals surface area contributed by atoms with Gasteiger partial charge in [0.2, 0.25) is 10.0 Å². The van der Waals surface area contributed by atoms with Crippen molar-refractivity contribution in [3.05, 3.63) is 35.4 Å². The van der Waals surface area contributed by atoms with Crippen LogP contribution >= 0.6 is 0 Å². The molecule has 37 heavy (non-hydrogen) atoms. The minimum atomic E-state index is -3.72. The van der Waals surface area contributed by atoms with Gasteiger partial charge in [0.05, 0.1) is 6.04 Å². The minimum absolute atomic E-state index is 0.0840. The van der Waals surface area contributed by atoms with Gasteiger partial charge in [0, 0.05) is 0 Å². The third-order valence-electron chi connectivity index (χ3n) is 11.1. The van der Waals surface area contributed by atoms with E-state index in [2.05, 4.69) is 36.0 Å². The summed E-state index contributed by atoms with van der Waals surface area (Å²) in [5.41, 5.74) is 7.79. The number of amidine groups is 1. The van der Waals surface area contributed by atoms with Crippen LogP contribution in [-0.4, -0.2) is 45.7 Å². The Hall–Kier alpha value is -1.64. The monoisotopic (exact) mass is 528 g/mol. The van der Waals surface area contributed by atoms with E-state index in [9.17, 15) is 8.42 Å². The number of nitrogens with zero attached hydrogens (tertiary/aromatic N) is 1. The quantitative estimate of drug-likeness (QED) is 0.546. The fourth-order valence-corrected chi connectivity index (χ4v) is 10.7. The Morgan fingerprint density at radius 2 is 1.62 bits per heavy atom. The van der Waals surface area contributed by atoms with Gasteiger partial charge in [0.15, 0.2) is 0 Å². The molecule has 5 aliphatic rings. The van der Waals surface area contributed by atoms with Gasteiger partial charge in [-0.25, -0.2) is 18.1 Å². The minimum Gasteiger partial charge on any atom is -0.457 e. The summed E-state index contributed by atoms with van der Waals surface area (Å²) >= 11 is 0. The van der Waals surface area contributed by atoms with Crippen LogP contribution in [0.15, 0.2) is 29.3 Å². The number of hydrogen-bond donors (Lipinski definition) is 3. The van der Waals surface area contributed by atoms with Crippen LogP contribution in [0.1, 0.15) is 88.5 Å². The highest BCUT2D eigenvalue weighted by Gasteiger charge is 2.64. The summed E-state index contributed by atoms with van der Waals surface area (Å²) in [6.07, 6.45) is 6.72. The molecule has 6 rings (SSSR count). The molecule has 0 aromatic heterocycles. The van der Waals surface area contributed by atoms with Crippen LogP contribution < -0.4 is 15.8 Å². The number of piperidine rings is 1. The van der Waals surface area contributed by atoms with E-state index in [1.165, 1.54) is 5.56 Å². The molecule has 2 heterocycles. The molecule has 1 aromatic rings. The van der Waals surface area contributed by atoms with E-state index < -0.39 is 20.9 Å². The standard InChI is InChI=1S/C29H44N4O3S/c1-27(2)25(20-7-5-18(6-8-20)19-9-11-31-12-10-19)37(34,35)33-26(36-27)32-24-21-13-23-14-22(24)16-29(23,4)28(3,15-21)17-30/h5-8,19,21-25,31H,9-17,30H2,1-4H3,(H,32,33). The molecule has 7 unspecified atom stereocenters. The summed E-state index contributed by atoms with van der Waals surface area (Å²) < 4.78 is 36.4. The lowest BCUT2D eigenvalue weighted by Crippen LogP contribution is -2.54. The smallest absolute Gasteiger partial charge is 0.299 e. The molecule has 0 amide bonds. The molecule has 204 valence electrons. The van der Waals surface area contributed by atoms with E-state index in [0.717, 1.165) is 57.2 Å². The molecule has 0 radical (unpaired) electrons. The molecule has 3 aliphatic carbocycles. The van der Waals surface area contributed by atoms with E-state index in [-0.39, 0.29) is 22.9 Å². The van der Waals surface area contributed by atoms with Crippen LogP contribution in [0.5, 0.6) is 0 Å². The van der Waals surface area contributed by atoms with Crippen molar-refractivity contribution in [2.24, 2.45) is 39.3 Å². The zero-order valence-corrected chi connectivity index (χ0v) is 23.6. The van der Waals surface area contributed by atoms with Crippen molar-refractivity contribution >= 4 is 16.0 Å². The van der Waals surface area contributed by atoms with Crippen molar-refractivity contribution in [1.82, 2.24) is 10.0 Å². The second kappa shape index (κ2) is 8.68. The van der Waals surface area contributed by atoms with Gasteiger partial charge in [-0.05, 0) is 118 Å². The number of hydrogen-bond acceptors (Lipinski definition) is 6. The molecule has 3 saturated carbocycles. The Kier molecular flexibility index (Phi) is 6.01. The normalized spacial score (nSPS) is 43.4. The van der Waals surface area contributed by atoms with E-state index >= 15 is 0 Å². The molecule has 2 saturated heterocycles. The summed E-state index contributed by atoms with van der Waals surface area (Å²) in [5, 5.41) is 2.60. The molecule has 2 aliphatic heterocycles. The number of benzene rings is 1. The second-order valence-corrected chi connectivity index (χ2v) is 15.4. The lowest BCUT2D eigenvalue weighted by Gasteiger charge is -2.54. The number of nitrogens with one attached hydrogen (secondary N) is 2. The molecule has 0 spiro atoms. The summed E-state index contributed by atoms with van der Waals surface area (Å²) in [7, 11) is -3.72. The Morgan fingerprint density at radius 1 is 1.00 bits per heavy atom. The van der Waals surface area contributed by atoms with Gasteiger partial charge in [0.1, 0.15) is 10.9 Å². The van der Waals surface area contributed by atoms with Crippen LogP contribution in [0.2, 0.25) is 0 Å². The molecule has 1 aromatic carbocycles. The Labute approximate surface area is 222 Å². The molecular weight excluding hydrogens is 484 g/mol. The van der Waals surface area contributed by atoms with E-state index in [1.54, 1.807) is 0 Å². The molecule has 5 fully saturated rings. The van der Waals surface area contributed by atoms with Crippen LogP contribution in [-0.2, 0) is 14.8 Å². The first-order chi connectivity index (χ1) is 17.5. The molecule has 8 heteroatoms. The van der Waals surface area contributed by atoms with E-state index in [4.69, 9.17) is 15.5 Å². The van der Waals surface area contributed by atoms with Crippen molar-refractivity contribution in [3.8, 4) is 0 Å². The highest BCUT2D eigenvalue weighted by atomic mass is 32.2. The van der Waals surface area contributed by atoms with Gasteiger partial charge in [-0.1, -0.05) is 38.1 Å². The molecule has 7 nitrogen and oxygen atoms in total. The molecular formula is C29H44N4O3S. The predicted octanol–water partition coefficient (Wildman–Crippen LogP) is 4.07. The van der Waals surface area contributed by atoms with Gasteiger partial charge in [-0.2, -0.15) is 0 Å². The first-order valence-corrected chi connectivity index (χ1v) is 15.8. The van der Waals surface area contributed by atoms with E-state index in [1.807, 2.05) is 26.0 Å². The molecule has 4 N–H and O–H groups in total. The van der Waals surface area contributed by atoms with Gasteiger partial charge < -0.3 is 15.8 Å². The topological polar surface area (TPSA) is 106 Å². The zero-order valence-electron chi connectivity index (χ0n) is 22.8. The van der Waals surface area contributed by atoms with Crippen molar-refractivity contribution in [1.29, 1.82) is 0 Å². The summed E-state index contributed by atoms with van der Waals surface area (Å²) in [6.45, 7) is 11.3. The third kappa shape index (κ3) is 4.04. The number of ether oxygens (including phenoxy) is 1. The summed E-state index contributed by atoms with van der Waals surface area (Å²) in [6, 6.07) is 8.41. The second-order valence-electron chi connectivity index (χ2n) is 13.6. The number of aliphatic imine (C=N–C) groups is 1. The van der Waals surface area contributed by atoms with Crippen molar-refractivity contribution in [3.63, 3.8) is 0 Å². The van der Waals surface area contributed by atoms with Crippen LogP contribution in [0.25, 0.3) is 0 Å². The lowest BCUT2D eigenvalue weighted by molar-refractivity contribution is -0.0378. The fourth-order valence-electron chi connectivity index (χ4n) is 8.95. The molecule has 3 bridgehead atoms. The third-order valence-corrected chi connectivity index (χ3v) is 13.0. The fraction of sp³-hybridized carbons (Fsp3) is 0.759. The number of sulfonamides is 1. The van der Waals surface area contributed by atoms with Gasteiger partial charge in [-0.15, -0.1) is 0 Å². The summed E-state index contributed by atoms with van der Waals surface area (Å²) in [5.74, 6) is 2.12. The first kappa shape index (κ1) is 25.6.